The fourth-order valence-electron chi connectivity index (χ4n) is 1.24. The number of hydrogen-bond acceptors (Lipinski definition) is 4. The largest absolute Gasteiger partial charge is 0.436 e. The van der Waals surface area contributed by atoms with E-state index in [0.29, 0.717) is 4.47 Å². The van der Waals surface area contributed by atoms with E-state index in [1.54, 1.807) is 0 Å². The Morgan fingerprint density at radius 2 is 2.06 bits per heavy atom. The van der Waals surface area contributed by atoms with Gasteiger partial charge in [-0.1, -0.05) is 0 Å². The van der Waals surface area contributed by atoms with Gasteiger partial charge in [-0.25, -0.2) is 14.4 Å². The van der Waals surface area contributed by atoms with Crippen LogP contribution in [0.25, 0.3) is 0 Å². The molecular weight excluding hydrogens is 303 g/mol. The van der Waals surface area contributed by atoms with Crippen molar-refractivity contribution in [2.45, 2.75) is 0 Å². The van der Waals surface area contributed by atoms with Crippen molar-refractivity contribution in [1.29, 1.82) is 5.41 Å². The summed E-state index contributed by atoms with van der Waals surface area (Å²) in [6, 6.07) is 4.00. The molecule has 2 rings (SSSR count). The van der Waals surface area contributed by atoms with Crippen LogP contribution in [0.5, 0.6) is 11.6 Å². The molecule has 3 N–H and O–H groups in total. The molecule has 0 atom stereocenters. The molecule has 1 heterocycles. The highest BCUT2D eigenvalue weighted by Crippen LogP contribution is 2.30. The zero-order valence-electron chi connectivity index (χ0n) is 9.02. The van der Waals surface area contributed by atoms with Crippen molar-refractivity contribution in [3.05, 3.63) is 46.6 Å². The number of aromatic nitrogens is 2. The Morgan fingerprint density at radius 3 is 2.78 bits per heavy atom. The van der Waals surface area contributed by atoms with Gasteiger partial charge in [0.15, 0.2) is 5.69 Å². The van der Waals surface area contributed by atoms with Gasteiger partial charge in [0.1, 0.15) is 17.4 Å². The number of halogens is 2. The second kappa shape index (κ2) is 5.09. The zero-order valence-corrected chi connectivity index (χ0v) is 10.6. The molecule has 5 nitrogen and oxygen atoms in total. The van der Waals surface area contributed by atoms with Gasteiger partial charge in [0.2, 0.25) is 5.88 Å². The van der Waals surface area contributed by atoms with Crippen LogP contribution in [0.1, 0.15) is 5.69 Å². The molecule has 0 aliphatic rings. The number of benzene rings is 1. The summed E-state index contributed by atoms with van der Waals surface area (Å²) in [5, 5.41) is 7.35. The molecule has 0 bridgehead atoms. The molecule has 2 aromatic rings. The lowest BCUT2D eigenvalue weighted by Gasteiger charge is -2.09. The van der Waals surface area contributed by atoms with Crippen LogP contribution in [0.4, 0.5) is 4.39 Å². The third kappa shape index (κ3) is 2.62. The van der Waals surface area contributed by atoms with Gasteiger partial charge in [0, 0.05) is 18.5 Å². The molecule has 0 saturated carbocycles. The molecular formula is C11H8BrFN4O. The van der Waals surface area contributed by atoms with E-state index in [0.717, 1.165) is 0 Å². The molecule has 0 radical (unpaired) electrons. The number of nitrogens with two attached hydrogens (primary N) is 1. The minimum Gasteiger partial charge on any atom is -0.436 e. The lowest BCUT2D eigenvalue weighted by atomic mass is 10.3. The summed E-state index contributed by atoms with van der Waals surface area (Å²) in [6.07, 6.45) is 2.79. The Bertz CT molecular complexity index is 605. The van der Waals surface area contributed by atoms with Gasteiger partial charge in [-0.3, -0.25) is 5.41 Å². The average Bonchev–Trinajstić information content (AvgIpc) is 2.34. The number of nitrogen functional groups attached to an aromatic ring is 1. The van der Waals surface area contributed by atoms with Gasteiger partial charge < -0.3 is 10.5 Å². The number of nitrogens with zero attached hydrogens (tertiary/aromatic N) is 2. The molecule has 0 saturated heterocycles. The minimum absolute atomic E-state index is 0.0521. The topological polar surface area (TPSA) is 84.9 Å². The Labute approximate surface area is 110 Å². The van der Waals surface area contributed by atoms with Gasteiger partial charge >= 0.3 is 0 Å². The van der Waals surface area contributed by atoms with E-state index in [2.05, 4.69) is 25.9 Å². The lowest BCUT2D eigenvalue weighted by molar-refractivity contribution is 0.451. The molecule has 18 heavy (non-hydrogen) atoms. The molecule has 1 aromatic carbocycles. The Kier molecular flexibility index (Phi) is 3.52. The lowest BCUT2D eigenvalue weighted by Crippen LogP contribution is -2.15. The maximum Gasteiger partial charge on any atom is 0.249 e. The van der Waals surface area contributed by atoms with E-state index in [1.165, 1.54) is 30.6 Å². The standard InChI is InChI=1S/C11H8BrFN4O/c12-7-2-1-6(13)5-8(7)18-11-9(10(14)15)16-3-4-17-11/h1-5H,(H3,14,15). The molecule has 1 aromatic heterocycles. The fraction of sp³-hybridized carbons (Fsp3) is 0. The molecule has 7 heteroatoms. The Hall–Kier alpha value is -2.02. The molecule has 0 fully saturated rings. The Balaban J connectivity index is 2.40. The van der Waals surface area contributed by atoms with E-state index >= 15 is 0 Å². The van der Waals surface area contributed by atoms with Gasteiger partial charge in [0.05, 0.1) is 4.47 Å². The van der Waals surface area contributed by atoms with Crippen LogP contribution in [0, 0.1) is 11.2 Å². The first-order valence-corrected chi connectivity index (χ1v) is 5.65. The second-order valence-corrected chi connectivity index (χ2v) is 4.15. The Morgan fingerprint density at radius 1 is 1.33 bits per heavy atom. The van der Waals surface area contributed by atoms with Crippen molar-refractivity contribution in [2.24, 2.45) is 5.73 Å². The summed E-state index contributed by atoms with van der Waals surface area (Å²) in [5.41, 5.74) is 5.46. The van der Waals surface area contributed by atoms with Crippen LogP contribution in [0.3, 0.4) is 0 Å². The van der Waals surface area contributed by atoms with E-state index in [1.807, 2.05) is 0 Å². The van der Waals surface area contributed by atoms with Crippen LogP contribution in [0.15, 0.2) is 35.1 Å². The SMILES string of the molecule is N=C(N)c1nccnc1Oc1cc(F)ccc1Br. The predicted molar refractivity (Wildman–Crippen MR) is 67.2 cm³/mol. The number of nitrogens with one attached hydrogen (secondary N) is 1. The highest BCUT2D eigenvalue weighted by molar-refractivity contribution is 9.10. The smallest absolute Gasteiger partial charge is 0.249 e. The van der Waals surface area contributed by atoms with Crippen molar-refractivity contribution in [2.75, 3.05) is 0 Å². The van der Waals surface area contributed by atoms with Crippen molar-refractivity contribution in [1.82, 2.24) is 9.97 Å². The second-order valence-electron chi connectivity index (χ2n) is 3.30. The molecule has 0 aliphatic heterocycles. The van der Waals surface area contributed by atoms with Gasteiger partial charge in [-0.05, 0) is 28.1 Å². The monoisotopic (exact) mass is 310 g/mol. The summed E-state index contributed by atoms with van der Waals surface area (Å²) >= 11 is 3.22. The summed E-state index contributed by atoms with van der Waals surface area (Å²) in [4.78, 5) is 7.80. The predicted octanol–water partition coefficient (Wildman–Crippen LogP) is 2.45. The fourth-order valence-corrected chi connectivity index (χ4v) is 1.57. The highest BCUT2D eigenvalue weighted by Gasteiger charge is 2.12. The summed E-state index contributed by atoms with van der Waals surface area (Å²) in [7, 11) is 0. The van der Waals surface area contributed by atoms with Crippen LogP contribution in [-0.2, 0) is 0 Å². The van der Waals surface area contributed by atoms with Gasteiger partial charge in [-0.15, -0.1) is 0 Å². The molecule has 0 aliphatic carbocycles. The first kappa shape index (κ1) is 12.4. The normalized spacial score (nSPS) is 10.1. The van der Waals surface area contributed by atoms with Crippen LogP contribution >= 0.6 is 15.9 Å². The van der Waals surface area contributed by atoms with E-state index < -0.39 is 5.82 Å². The maximum absolute atomic E-state index is 13.1. The third-order valence-corrected chi connectivity index (χ3v) is 2.67. The van der Waals surface area contributed by atoms with Crippen LogP contribution in [-0.4, -0.2) is 15.8 Å². The van der Waals surface area contributed by atoms with E-state index in [-0.39, 0.29) is 23.2 Å². The maximum atomic E-state index is 13.1. The third-order valence-electron chi connectivity index (χ3n) is 2.02. The average molecular weight is 311 g/mol. The van der Waals surface area contributed by atoms with Crippen molar-refractivity contribution in [3.8, 4) is 11.6 Å². The number of ether oxygens (including phenoxy) is 1. The van der Waals surface area contributed by atoms with Crippen molar-refractivity contribution >= 4 is 21.8 Å². The molecule has 0 unspecified atom stereocenters. The summed E-state index contributed by atoms with van der Waals surface area (Å²) in [6.45, 7) is 0. The van der Waals surface area contributed by atoms with Crippen molar-refractivity contribution in [3.63, 3.8) is 0 Å². The minimum atomic E-state index is -0.443. The summed E-state index contributed by atoms with van der Waals surface area (Å²) in [5.74, 6) is -0.429. The summed E-state index contributed by atoms with van der Waals surface area (Å²) < 4.78 is 19.1. The van der Waals surface area contributed by atoms with Gasteiger partial charge in [-0.2, -0.15) is 0 Å². The zero-order chi connectivity index (χ0) is 13.1. The van der Waals surface area contributed by atoms with Crippen LogP contribution < -0.4 is 10.5 Å². The first-order valence-electron chi connectivity index (χ1n) is 4.86. The quantitative estimate of drug-likeness (QED) is 0.673. The molecule has 0 spiro atoms. The number of amidine groups is 1. The number of rotatable bonds is 3. The van der Waals surface area contributed by atoms with Crippen molar-refractivity contribution < 1.29 is 9.13 Å². The highest BCUT2D eigenvalue weighted by atomic mass is 79.9. The van der Waals surface area contributed by atoms with Crippen LogP contribution in [0.2, 0.25) is 0 Å². The first-order chi connectivity index (χ1) is 8.58. The molecule has 0 amide bonds. The van der Waals surface area contributed by atoms with E-state index in [4.69, 9.17) is 15.9 Å². The molecule has 92 valence electrons. The van der Waals surface area contributed by atoms with Gasteiger partial charge in [0.25, 0.3) is 0 Å². The number of hydrogen-bond donors (Lipinski definition) is 2. The van der Waals surface area contributed by atoms with E-state index in [9.17, 15) is 4.39 Å².